The fourth-order valence-electron chi connectivity index (χ4n) is 2.68. The van der Waals surface area contributed by atoms with Crippen molar-refractivity contribution in [3.63, 3.8) is 0 Å². The number of carbonyl (C=O) groups excluding carboxylic acids is 2. The van der Waals surface area contributed by atoms with Crippen LogP contribution in [-0.2, 0) is 22.1 Å². The largest absolute Gasteiger partial charge is 0.508 e. The fourth-order valence-corrected chi connectivity index (χ4v) is 2.68. The monoisotopic (exact) mass is 365 g/mol. The third kappa shape index (κ3) is 3.79. The SMILES string of the molecule is O=C(Cc1cc(O)cc(-c2ccc(C(F)(F)F)cc2)c1)N1CCOC1=O. The minimum Gasteiger partial charge on any atom is -0.508 e. The van der Waals surface area contributed by atoms with Gasteiger partial charge in [0.2, 0.25) is 5.91 Å². The molecule has 2 aromatic carbocycles. The maximum Gasteiger partial charge on any atom is 0.416 e. The van der Waals surface area contributed by atoms with Crippen molar-refractivity contribution >= 4 is 12.0 Å². The number of cyclic esters (lactones) is 1. The summed E-state index contributed by atoms with van der Waals surface area (Å²) in [5, 5.41) is 9.87. The van der Waals surface area contributed by atoms with Gasteiger partial charge in [0.15, 0.2) is 0 Å². The van der Waals surface area contributed by atoms with E-state index in [2.05, 4.69) is 0 Å². The summed E-state index contributed by atoms with van der Waals surface area (Å²) < 4.78 is 42.7. The predicted molar refractivity (Wildman–Crippen MR) is 85.3 cm³/mol. The topological polar surface area (TPSA) is 66.8 Å². The lowest BCUT2D eigenvalue weighted by atomic mass is 9.99. The van der Waals surface area contributed by atoms with Crippen molar-refractivity contribution < 1.29 is 32.6 Å². The molecular weight excluding hydrogens is 351 g/mol. The van der Waals surface area contributed by atoms with E-state index in [0.29, 0.717) is 16.7 Å². The van der Waals surface area contributed by atoms with Crippen molar-refractivity contribution in [1.82, 2.24) is 4.90 Å². The van der Waals surface area contributed by atoms with Gasteiger partial charge in [0, 0.05) is 0 Å². The van der Waals surface area contributed by atoms with Crippen LogP contribution in [0.25, 0.3) is 11.1 Å². The molecule has 26 heavy (non-hydrogen) atoms. The van der Waals surface area contributed by atoms with Crippen LogP contribution in [0.3, 0.4) is 0 Å². The zero-order valence-corrected chi connectivity index (χ0v) is 13.4. The summed E-state index contributed by atoms with van der Waals surface area (Å²) in [6.07, 6.45) is -5.28. The standard InChI is InChI=1S/C18H14F3NO4/c19-18(20,21)14-3-1-12(2-4-14)13-7-11(8-15(23)10-13)9-16(24)22-5-6-26-17(22)25/h1-4,7-8,10,23H,5-6,9H2. The number of nitrogens with zero attached hydrogens (tertiary/aromatic N) is 1. The fraction of sp³-hybridized carbons (Fsp3) is 0.222. The van der Waals surface area contributed by atoms with Gasteiger partial charge in [-0.25, -0.2) is 9.69 Å². The number of phenols is 1. The van der Waals surface area contributed by atoms with Crippen LogP contribution >= 0.6 is 0 Å². The zero-order valence-electron chi connectivity index (χ0n) is 13.4. The molecule has 8 heteroatoms. The van der Waals surface area contributed by atoms with Gasteiger partial charge in [0.05, 0.1) is 18.5 Å². The Bertz CT molecular complexity index is 847. The molecule has 1 aliphatic heterocycles. The van der Waals surface area contributed by atoms with Crippen LogP contribution in [0.5, 0.6) is 5.75 Å². The minimum absolute atomic E-state index is 0.130. The highest BCUT2D eigenvalue weighted by Gasteiger charge is 2.30. The third-order valence-corrected chi connectivity index (χ3v) is 3.94. The van der Waals surface area contributed by atoms with Crippen LogP contribution in [0, 0.1) is 0 Å². The van der Waals surface area contributed by atoms with Crippen LogP contribution in [0.4, 0.5) is 18.0 Å². The zero-order chi connectivity index (χ0) is 18.9. The number of benzene rings is 2. The number of hydrogen-bond acceptors (Lipinski definition) is 4. The van der Waals surface area contributed by atoms with Crippen molar-refractivity contribution in [2.24, 2.45) is 0 Å². The third-order valence-electron chi connectivity index (χ3n) is 3.94. The Kier molecular flexibility index (Phi) is 4.58. The molecule has 3 rings (SSSR count). The first-order valence-electron chi connectivity index (χ1n) is 7.72. The van der Waals surface area contributed by atoms with Gasteiger partial charge in [0.25, 0.3) is 0 Å². The number of halogens is 3. The molecule has 0 aliphatic carbocycles. The number of rotatable bonds is 3. The minimum atomic E-state index is -4.43. The summed E-state index contributed by atoms with van der Waals surface area (Å²) in [6, 6.07) is 8.83. The van der Waals surface area contributed by atoms with Crippen LogP contribution in [-0.4, -0.2) is 35.2 Å². The second-order valence-electron chi connectivity index (χ2n) is 5.80. The van der Waals surface area contributed by atoms with E-state index < -0.39 is 23.7 Å². The van der Waals surface area contributed by atoms with Gasteiger partial charge in [0.1, 0.15) is 12.4 Å². The summed E-state index contributed by atoms with van der Waals surface area (Å²) in [6.45, 7) is 0.309. The number of imide groups is 1. The summed E-state index contributed by atoms with van der Waals surface area (Å²) in [5.74, 6) is -0.606. The number of phenolic OH excluding ortho intramolecular Hbond substituents is 1. The lowest BCUT2D eigenvalue weighted by Crippen LogP contribution is -2.32. The van der Waals surface area contributed by atoms with Crippen molar-refractivity contribution in [3.05, 3.63) is 53.6 Å². The molecule has 0 bridgehead atoms. The summed E-state index contributed by atoms with van der Waals surface area (Å²) in [5.41, 5.74) is 0.586. The lowest BCUT2D eigenvalue weighted by molar-refractivity contribution is -0.137. The highest BCUT2D eigenvalue weighted by Crippen LogP contribution is 2.32. The van der Waals surface area contributed by atoms with Gasteiger partial charge in [-0.15, -0.1) is 0 Å². The number of ether oxygens (including phenoxy) is 1. The molecule has 136 valence electrons. The predicted octanol–water partition coefficient (Wildman–Crippen LogP) is 3.60. The Morgan fingerprint density at radius 3 is 2.38 bits per heavy atom. The maximum absolute atomic E-state index is 12.7. The average molecular weight is 365 g/mol. The quantitative estimate of drug-likeness (QED) is 0.903. The highest BCUT2D eigenvalue weighted by atomic mass is 19.4. The number of alkyl halides is 3. The summed E-state index contributed by atoms with van der Waals surface area (Å²) in [7, 11) is 0. The Morgan fingerprint density at radius 1 is 1.12 bits per heavy atom. The first-order chi connectivity index (χ1) is 12.2. The van der Waals surface area contributed by atoms with E-state index in [-0.39, 0.29) is 25.3 Å². The number of hydrogen-bond donors (Lipinski definition) is 1. The van der Waals surface area contributed by atoms with Gasteiger partial charge in [-0.2, -0.15) is 13.2 Å². The Labute approximate surface area is 146 Å². The molecule has 1 heterocycles. The van der Waals surface area contributed by atoms with Gasteiger partial charge < -0.3 is 9.84 Å². The molecule has 1 saturated heterocycles. The van der Waals surface area contributed by atoms with Crippen LogP contribution in [0.2, 0.25) is 0 Å². The smallest absolute Gasteiger partial charge is 0.416 e. The van der Waals surface area contributed by atoms with E-state index in [1.54, 1.807) is 6.07 Å². The van der Waals surface area contributed by atoms with Gasteiger partial charge in [-0.1, -0.05) is 18.2 Å². The summed E-state index contributed by atoms with van der Waals surface area (Å²) >= 11 is 0. The number of carbonyl (C=O) groups is 2. The Balaban J connectivity index is 1.83. The van der Waals surface area contributed by atoms with Gasteiger partial charge in [-0.05, 0) is 41.0 Å². The molecule has 2 aromatic rings. The second kappa shape index (κ2) is 6.70. The molecule has 5 nitrogen and oxygen atoms in total. The van der Waals surface area contributed by atoms with Crippen molar-refractivity contribution in [2.45, 2.75) is 12.6 Å². The first kappa shape index (κ1) is 17.8. The summed E-state index contributed by atoms with van der Waals surface area (Å²) in [4.78, 5) is 24.5. The molecule has 1 aliphatic rings. The average Bonchev–Trinajstić information content (AvgIpc) is 3.00. The van der Waals surface area contributed by atoms with Gasteiger partial charge in [-0.3, -0.25) is 4.79 Å². The normalized spacial score (nSPS) is 14.4. The van der Waals surface area contributed by atoms with Crippen LogP contribution in [0.1, 0.15) is 11.1 Å². The lowest BCUT2D eigenvalue weighted by Gasteiger charge is -2.12. The van der Waals surface area contributed by atoms with E-state index >= 15 is 0 Å². The molecule has 0 atom stereocenters. The van der Waals surface area contributed by atoms with E-state index in [9.17, 15) is 27.9 Å². The van der Waals surface area contributed by atoms with Crippen molar-refractivity contribution in [3.8, 4) is 16.9 Å². The first-order valence-corrected chi connectivity index (χ1v) is 7.72. The molecule has 1 fully saturated rings. The Hall–Kier alpha value is -3.03. The molecule has 0 radical (unpaired) electrons. The molecule has 0 unspecified atom stereocenters. The molecule has 0 saturated carbocycles. The van der Waals surface area contributed by atoms with Crippen molar-refractivity contribution in [1.29, 1.82) is 0 Å². The van der Waals surface area contributed by atoms with E-state index in [1.165, 1.54) is 24.3 Å². The van der Waals surface area contributed by atoms with Crippen molar-refractivity contribution in [2.75, 3.05) is 13.2 Å². The van der Waals surface area contributed by atoms with E-state index in [1.807, 2.05) is 0 Å². The molecular formula is C18H14F3NO4. The highest BCUT2D eigenvalue weighted by molar-refractivity contribution is 5.94. The second-order valence-corrected chi connectivity index (χ2v) is 5.80. The van der Waals surface area contributed by atoms with Crippen LogP contribution < -0.4 is 0 Å². The van der Waals surface area contributed by atoms with E-state index in [0.717, 1.165) is 17.0 Å². The Morgan fingerprint density at radius 2 is 1.81 bits per heavy atom. The van der Waals surface area contributed by atoms with Crippen LogP contribution in [0.15, 0.2) is 42.5 Å². The molecule has 1 N–H and O–H groups in total. The maximum atomic E-state index is 12.7. The number of amides is 2. The van der Waals surface area contributed by atoms with E-state index in [4.69, 9.17) is 4.74 Å². The van der Waals surface area contributed by atoms with Gasteiger partial charge >= 0.3 is 12.3 Å². The molecule has 0 spiro atoms. The molecule has 2 amide bonds. The molecule has 0 aromatic heterocycles. The number of aromatic hydroxyl groups is 1.